The molecular formula is C14H19N3O3S. The molecule has 0 unspecified atom stereocenters. The van der Waals surface area contributed by atoms with E-state index in [1.165, 1.54) is 4.31 Å². The number of aromatic nitrogens is 1. The Balaban J connectivity index is 1.75. The number of rotatable bonds is 1. The van der Waals surface area contributed by atoms with Gasteiger partial charge in [0.05, 0.1) is 10.8 Å². The Morgan fingerprint density at radius 3 is 2.81 bits per heavy atom. The lowest BCUT2D eigenvalue weighted by Gasteiger charge is -2.21. The Labute approximate surface area is 124 Å². The summed E-state index contributed by atoms with van der Waals surface area (Å²) in [5, 5.41) is -0.339. The van der Waals surface area contributed by atoms with Gasteiger partial charge in [0.1, 0.15) is 0 Å². The third-order valence-electron chi connectivity index (χ3n) is 4.48. The van der Waals surface area contributed by atoms with E-state index in [9.17, 15) is 13.2 Å². The molecule has 114 valence electrons. The van der Waals surface area contributed by atoms with Crippen LogP contribution in [-0.2, 0) is 10.0 Å². The zero-order chi connectivity index (χ0) is 15.0. The van der Waals surface area contributed by atoms with Gasteiger partial charge < -0.3 is 4.90 Å². The maximum absolute atomic E-state index is 12.4. The minimum atomic E-state index is -3.18. The number of fused-ring (bicyclic) bond motifs is 1. The van der Waals surface area contributed by atoms with Crippen LogP contribution in [0, 0.1) is 5.92 Å². The second kappa shape index (κ2) is 5.38. The molecule has 3 heterocycles. The summed E-state index contributed by atoms with van der Waals surface area (Å²) < 4.78 is 25.9. The molecule has 6 nitrogen and oxygen atoms in total. The minimum Gasteiger partial charge on any atom is -0.339 e. The van der Waals surface area contributed by atoms with Crippen LogP contribution >= 0.6 is 0 Å². The Hall–Kier alpha value is -1.47. The summed E-state index contributed by atoms with van der Waals surface area (Å²) in [5.74, 6) is 0.0699. The van der Waals surface area contributed by atoms with Gasteiger partial charge in [0, 0.05) is 39.1 Å². The van der Waals surface area contributed by atoms with Crippen molar-refractivity contribution in [3.63, 3.8) is 0 Å². The van der Waals surface area contributed by atoms with Crippen molar-refractivity contribution >= 4 is 15.9 Å². The smallest absolute Gasteiger partial charge is 0.255 e. The standard InChI is InChI=1S/C14H19N3O3S/c1-16-10-12-4-7-17(8-5-13(12)21(16,19)20)14(18)11-3-2-6-15-9-11/h2-3,6,9,12-13H,4-5,7-8,10H2,1H3/t12-,13-/m0/s1. The Kier molecular flexibility index (Phi) is 3.71. The van der Waals surface area contributed by atoms with Crippen molar-refractivity contribution < 1.29 is 13.2 Å². The molecule has 1 amide bonds. The normalized spacial score (nSPS) is 28.9. The Morgan fingerprint density at radius 1 is 1.33 bits per heavy atom. The molecule has 0 aromatic carbocycles. The third-order valence-corrected chi connectivity index (χ3v) is 6.89. The molecule has 0 N–H and O–H groups in total. The van der Waals surface area contributed by atoms with Gasteiger partial charge in [-0.2, -0.15) is 0 Å². The van der Waals surface area contributed by atoms with Crippen molar-refractivity contribution in [1.82, 2.24) is 14.2 Å². The first kappa shape index (κ1) is 14.5. The van der Waals surface area contributed by atoms with Crippen LogP contribution < -0.4 is 0 Å². The average molecular weight is 309 g/mol. The summed E-state index contributed by atoms with van der Waals surface area (Å²) in [6, 6.07) is 3.48. The molecule has 0 radical (unpaired) electrons. The van der Waals surface area contributed by atoms with Crippen molar-refractivity contribution in [3.8, 4) is 0 Å². The number of nitrogens with zero attached hydrogens (tertiary/aromatic N) is 3. The van der Waals surface area contributed by atoms with E-state index in [0.717, 1.165) is 6.42 Å². The highest BCUT2D eigenvalue weighted by Gasteiger charge is 2.45. The van der Waals surface area contributed by atoms with Gasteiger partial charge in [0.25, 0.3) is 5.91 Å². The zero-order valence-corrected chi connectivity index (χ0v) is 12.8. The van der Waals surface area contributed by atoms with E-state index in [0.29, 0.717) is 31.6 Å². The summed E-state index contributed by atoms with van der Waals surface area (Å²) in [5.41, 5.74) is 0.560. The lowest BCUT2D eigenvalue weighted by molar-refractivity contribution is 0.0759. The molecule has 0 saturated carbocycles. The predicted octanol–water partition coefficient (Wildman–Crippen LogP) is 0.578. The number of sulfonamides is 1. The molecule has 3 rings (SSSR count). The molecule has 0 bridgehead atoms. The van der Waals surface area contributed by atoms with E-state index < -0.39 is 10.0 Å². The number of pyridine rings is 1. The average Bonchev–Trinajstić information content (AvgIpc) is 2.64. The first-order valence-electron chi connectivity index (χ1n) is 7.14. The molecule has 0 spiro atoms. The van der Waals surface area contributed by atoms with Gasteiger partial charge in [-0.3, -0.25) is 9.78 Å². The number of hydrogen-bond donors (Lipinski definition) is 0. The van der Waals surface area contributed by atoms with Gasteiger partial charge in [0.15, 0.2) is 0 Å². The molecule has 2 aliphatic rings. The van der Waals surface area contributed by atoms with Gasteiger partial charge in [0.2, 0.25) is 10.0 Å². The number of hydrogen-bond acceptors (Lipinski definition) is 4. The summed E-state index contributed by atoms with van der Waals surface area (Å²) >= 11 is 0. The number of amides is 1. The first-order valence-corrected chi connectivity index (χ1v) is 8.65. The molecule has 2 atom stereocenters. The second-order valence-corrected chi connectivity index (χ2v) is 7.99. The van der Waals surface area contributed by atoms with E-state index in [1.54, 1.807) is 36.5 Å². The Morgan fingerprint density at radius 2 is 2.10 bits per heavy atom. The van der Waals surface area contributed by atoms with Crippen LogP contribution in [0.3, 0.4) is 0 Å². The third kappa shape index (κ3) is 2.55. The van der Waals surface area contributed by atoms with Gasteiger partial charge in [-0.05, 0) is 30.9 Å². The number of carbonyl (C=O) groups is 1. The van der Waals surface area contributed by atoms with Crippen LogP contribution in [0.15, 0.2) is 24.5 Å². The molecule has 1 aromatic rings. The van der Waals surface area contributed by atoms with Crippen LogP contribution in [0.25, 0.3) is 0 Å². The topological polar surface area (TPSA) is 70.6 Å². The zero-order valence-electron chi connectivity index (χ0n) is 12.0. The molecule has 21 heavy (non-hydrogen) atoms. The van der Waals surface area contributed by atoms with Crippen LogP contribution in [-0.4, -0.2) is 60.4 Å². The second-order valence-electron chi connectivity index (χ2n) is 5.74. The predicted molar refractivity (Wildman–Crippen MR) is 78.2 cm³/mol. The van der Waals surface area contributed by atoms with Crippen molar-refractivity contribution in [2.75, 3.05) is 26.7 Å². The maximum Gasteiger partial charge on any atom is 0.255 e. The van der Waals surface area contributed by atoms with Crippen LogP contribution in [0.5, 0.6) is 0 Å². The molecular weight excluding hydrogens is 290 g/mol. The number of carbonyl (C=O) groups excluding carboxylic acids is 1. The lowest BCUT2D eigenvalue weighted by Crippen LogP contribution is -2.34. The number of likely N-dealkylation sites (tertiary alicyclic amines) is 1. The molecule has 2 aliphatic heterocycles. The van der Waals surface area contributed by atoms with Crippen LogP contribution in [0.2, 0.25) is 0 Å². The summed E-state index contributed by atoms with van der Waals surface area (Å²) in [6.07, 6.45) is 4.44. The van der Waals surface area contributed by atoms with E-state index in [1.807, 2.05) is 0 Å². The van der Waals surface area contributed by atoms with Gasteiger partial charge >= 0.3 is 0 Å². The quantitative estimate of drug-likeness (QED) is 0.761. The monoisotopic (exact) mass is 309 g/mol. The van der Waals surface area contributed by atoms with Crippen molar-refractivity contribution in [2.45, 2.75) is 18.1 Å². The molecule has 2 fully saturated rings. The van der Waals surface area contributed by atoms with Crippen molar-refractivity contribution in [1.29, 1.82) is 0 Å². The Bertz CT molecular complexity index is 632. The fourth-order valence-corrected chi connectivity index (χ4v) is 5.25. The summed E-state index contributed by atoms with van der Waals surface area (Å²) in [7, 11) is -1.54. The summed E-state index contributed by atoms with van der Waals surface area (Å²) in [4.78, 5) is 18.1. The minimum absolute atomic E-state index is 0.0613. The SMILES string of the molecule is CN1C[C@@H]2CCN(C(=O)c3cccnc3)CC[C@@H]2S1(=O)=O. The highest BCUT2D eigenvalue weighted by Crippen LogP contribution is 2.33. The molecule has 1 aromatic heterocycles. The highest BCUT2D eigenvalue weighted by molar-refractivity contribution is 7.90. The first-order chi connectivity index (χ1) is 10.00. The van der Waals surface area contributed by atoms with Crippen LogP contribution in [0.1, 0.15) is 23.2 Å². The fraction of sp³-hybridized carbons (Fsp3) is 0.571. The van der Waals surface area contributed by atoms with Crippen molar-refractivity contribution in [3.05, 3.63) is 30.1 Å². The fourth-order valence-electron chi connectivity index (χ4n) is 3.28. The van der Waals surface area contributed by atoms with E-state index in [-0.39, 0.29) is 17.1 Å². The van der Waals surface area contributed by atoms with Crippen molar-refractivity contribution in [2.24, 2.45) is 5.92 Å². The van der Waals surface area contributed by atoms with Gasteiger partial charge in [-0.25, -0.2) is 12.7 Å². The molecule has 0 aliphatic carbocycles. The summed E-state index contributed by atoms with van der Waals surface area (Å²) in [6.45, 7) is 1.67. The van der Waals surface area contributed by atoms with Gasteiger partial charge in [-0.15, -0.1) is 0 Å². The van der Waals surface area contributed by atoms with E-state index >= 15 is 0 Å². The van der Waals surface area contributed by atoms with E-state index in [2.05, 4.69) is 4.98 Å². The highest BCUT2D eigenvalue weighted by atomic mass is 32.2. The lowest BCUT2D eigenvalue weighted by atomic mass is 10.0. The molecule has 7 heteroatoms. The van der Waals surface area contributed by atoms with Crippen LogP contribution in [0.4, 0.5) is 0 Å². The molecule has 2 saturated heterocycles. The van der Waals surface area contributed by atoms with Gasteiger partial charge in [-0.1, -0.05) is 0 Å². The maximum atomic E-state index is 12.4. The van der Waals surface area contributed by atoms with E-state index in [4.69, 9.17) is 0 Å². The largest absolute Gasteiger partial charge is 0.339 e.